The second kappa shape index (κ2) is 7.74. The van der Waals surface area contributed by atoms with Crippen molar-refractivity contribution in [1.29, 1.82) is 0 Å². The summed E-state index contributed by atoms with van der Waals surface area (Å²) >= 11 is 0. The number of fused-ring (bicyclic) bond motifs is 1. The molecule has 1 aliphatic heterocycles. The van der Waals surface area contributed by atoms with Gasteiger partial charge in [0.25, 0.3) is 5.91 Å². The Balaban J connectivity index is 1.59. The number of benzene rings is 2. The fourth-order valence-electron chi connectivity index (χ4n) is 3.15. The zero-order valence-corrected chi connectivity index (χ0v) is 15.0. The summed E-state index contributed by atoms with van der Waals surface area (Å²) in [6.07, 6.45) is -0.370. The third-order valence-corrected chi connectivity index (χ3v) is 4.39. The van der Waals surface area contributed by atoms with Gasteiger partial charge in [0, 0.05) is 5.39 Å². The molecule has 0 radical (unpaired) electrons. The number of hydrogen-bond acceptors (Lipinski definition) is 4. The molecule has 26 heavy (non-hydrogen) atoms. The van der Waals surface area contributed by atoms with Crippen LogP contribution in [0.2, 0.25) is 0 Å². The molecule has 0 aromatic heterocycles. The van der Waals surface area contributed by atoms with Crippen molar-refractivity contribution in [3.8, 4) is 5.75 Å². The van der Waals surface area contributed by atoms with E-state index in [1.54, 1.807) is 0 Å². The number of aliphatic hydroxyl groups is 1. The van der Waals surface area contributed by atoms with Crippen LogP contribution in [-0.4, -0.2) is 47.2 Å². The molecule has 1 fully saturated rings. The fourth-order valence-corrected chi connectivity index (χ4v) is 3.15. The van der Waals surface area contributed by atoms with E-state index in [1.165, 1.54) is 0 Å². The molecule has 6 nitrogen and oxygen atoms in total. The third kappa shape index (κ3) is 3.96. The first kappa shape index (κ1) is 18.2. The molecular weight excluding hydrogens is 332 g/mol. The number of amides is 3. The number of aliphatic hydroxyl groups excluding tert-OH is 1. The van der Waals surface area contributed by atoms with Gasteiger partial charge in [-0.1, -0.05) is 50.2 Å². The Morgan fingerprint density at radius 2 is 1.88 bits per heavy atom. The predicted molar refractivity (Wildman–Crippen MR) is 98.9 cm³/mol. The van der Waals surface area contributed by atoms with Crippen LogP contribution in [0.15, 0.2) is 42.5 Å². The van der Waals surface area contributed by atoms with Crippen LogP contribution in [0.5, 0.6) is 5.75 Å². The molecule has 1 heterocycles. The second-order valence-corrected chi connectivity index (χ2v) is 7.02. The lowest BCUT2D eigenvalue weighted by atomic mass is 10.0. The molecule has 2 atom stereocenters. The van der Waals surface area contributed by atoms with E-state index in [9.17, 15) is 14.7 Å². The van der Waals surface area contributed by atoms with E-state index in [-0.39, 0.29) is 19.1 Å². The molecular formula is C20H24N2O4. The Kier molecular flexibility index (Phi) is 5.42. The maximum absolute atomic E-state index is 12.3. The maximum atomic E-state index is 12.3. The largest absolute Gasteiger partial charge is 0.490 e. The quantitative estimate of drug-likeness (QED) is 0.747. The van der Waals surface area contributed by atoms with Gasteiger partial charge in [0.15, 0.2) is 0 Å². The van der Waals surface area contributed by atoms with Crippen molar-refractivity contribution in [3.63, 3.8) is 0 Å². The standard InChI is InChI=1S/C20H24N2O4/c1-13(2)10-17-19(24)22(20(25)21-17)11-15(23)12-26-18-9-5-7-14-6-3-4-8-16(14)18/h3-9,13,15,17,23H,10-12H2,1-2H3,(H,21,25). The molecule has 3 rings (SSSR count). The Hall–Kier alpha value is -2.60. The minimum atomic E-state index is -0.957. The summed E-state index contributed by atoms with van der Waals surface area (Å²) in [5.41, 5.74) is 0. The zero-order valence-electron chi connectivity index (χ0n) is 15.0. The van der Waals surface area contributed by atoms with Gasteiger partial charge in [-0.25, -0.2) is 4.79 Å². The number of rotatable bonds is 7. The SMILES string of the molecule is CC(C)CC1NC(=O)N(CC(O)COc2cccc3ccccc23)C1=O. The Bertz CT molecular complexity index is 800. The van der Waals surface area contributed by atoms with Crippen LogP contribution in [0, 0.1) is 5.92 Å². The van der Waals surface area contributed by atoms with Gasteiger partial charge in [0.1, 0.15) is 24.5 Å². The molecule has 1 aliphatic rings. The highest BCUT2D eigenvalue weighted by Crippen LogP contribution is 2.25. The molecule has 0 saturated carbocycles. The average molecular weight is 356 g/mol. The smallest absolute Gasteiger partial charge is 0.324 e. The van der Waals surface area contributed by atoms with Crippen molar-refractivity contribution in [2.45, 2.75) is 32.4 Å². The molecule has 2 aromatic carbocycles. The number of ether oxygens (including phenoxy) is 1. The van der Waals surface area contributed by atoms with E-state index in [2.05, 4.69) is 5.32 Å². The Morgan fingerprint density at radius 3 is 2.65 bits per heavy atom. The van der Waals surface area contributed by atoms with E-state index in [0.29, 0.717) is 18.1 Å². The van der Waals surface area contributed by atoms with Crippen LogP contribution in [0.3, 0.4) is 0 Å². The number of urea groups is 1. The van der Waals surface area contributed by atoms with E-state index < -0.39 is 18.2 Å². The van der Waals surface area contributed by atoms with Gasteiger partial charge in [-0.05, 0) is 23.8 Å². The number of nitrogens with one attached hydrogen (secondary N) is 1. The van der Waals surface area contributed by atoms with Gasteiger partial charge in [0.05, 0.1) is 6.54 Å². The lowest BCUT2D eigenvalue weighted by molar-refractivity contribution is -0.128. The monoisotopic (exact) mass is 356 g/mol. The maximum Gasteiger partial charge on any atom is 0.324 e. The molecule has 2 N–H and O–H groups in total. The van der Waals surface area contributed by atoms with E-state index in [1.807, 2.05) is 56.3 Å². The van der Waals surface area contributed by atoms with Gasteiger partial charge < -0.3 is 15.2 Å². The molecule has 3 amide bonds. The highest BCUT2D eigenvalue weighted by Gasteiger charge is 2.38. The first-order chi connectivity index (χ1) is 12.5. The summed E-state index contributed by atoms with van der Waals surface area (Å²) in [6, 6.07) is 12.6. The molecule has 0 aliphatic carbocycles. The third-order valence-electron chi connectivity index (χ3n) is 4.39. The summed E-state index contributed by atoms with van der Waals surface area (Å²) in [5.74, 6) is 0.675. The summed E-state index contributed by atoms with van der Waals surface area (Å²) in [5, 5.41) is 14.9. The number of β-amino-alcohol motifs (C(OH)–C–C–N with tert-alkyl or cyclic N) is 1. The van der Waals surface area contributed by atoms with E-state index in [4.69, 9.17) is 4.74 Å². The summed E-state index contributed by atoms with van der Waals surface area (Å²) < 4.78 is 5.73. The first-order valence-corrected chi connectivity index (χ1v) is 8.86. The highest BCUT2D eigenvalue weighted by molar-refractivity contribution is 6.04. The van der Waals surface area contributed by atoms with Crippen LogP contribution in [0.1, 0.15) is 20.3 Å². The fraction of sp³-hybridized carbons (Fsp3) is 0.400. The normalized spacial score (nSPS) is 18.5. The van der Waals surface area contributed by atoms with Crippen molar-refractivity contribution >= 4 is 22.7 Å². The van der Waals surface area contributed by atoms with Gasteiger partial charge in [-0.2, -0.15) is 0 Å². The number of nitrogens with zero attached hydrogens (tertiary/aromatic N) is 1. The van der Waals surface area contributed by atoms with Crippen molar-refractivity contribution in [3.05, 3.63) is 42.5 Å². The van der Waals surface area contributed by atoms with Gasteiger partial charge in [-0.15, -0.1) is 0 Å². The number of imide groups is 1. The first-order valence-electron chi connectivity index (χ1n) is 8.86. The number of carbonyl (C=O) groups is 2. The van der Waals surface area contributed by atoms with Gasteiger partial charge >= 0.3 is 6.03 Å². The zero-order chi connectivity index (χ0) is 18.7. The van der Waals surface area contributed by atoms with Crippen LogP contribution < -0.4 is 10.1 Å². The highest BCUT2D eigenvalue weighted by atomic mass is 16.5. The van der Waals surface area contributed by atoms with Crippen LogP contribution in [-0.2, 0) is 4.79 Å². The molecule has 6 heteroatoms. The van der Waals surface area contributed by atoms with Crippen molar-refractivity contribution in [2.24, 2.45) is 5.92 Å². The summed E-state index contributed by atoms with van der Waals surface area (Å²) in [6.45, 7) is 3.91. The molecule has 138 valence electrons. The predicted octanol–water partition coefficient (Wildman–Crippen LogP) is 2.55. The lowest BCUT2D eigenvalue weighted by Crippen LogP contribution is -2.40. The molecule has 2 aromatic rings. The van der Waals surface area contributed by atoms with Crippen LogP contribution in [0.4, 0.5) is 4.79 Å². The summed E-state index contributed by atoms with van der Waals surface area (Å²) in [7, 11) is 0. The summed E-state index contributed by atoms with van der Waals surface area (Å²) in [4.78, 5) is 25.4. The Morgan fingerprint density at radius 1 is 1.15 bits per heavy atom. The topological polar surface area (TPSA) is 78.9 Å². The van der Waals surface area contributed by atoms with E-state index in [0.717, 1.165) is 15.7 Å². The van der Waals surface area contributed by atoms with Crippen molar-refractivity contribution in [2.75, 3.05) is 13.2 Å². The van der Waals surface area contributed by atoms with Gasteiger partial charge in [-0.3, -0.25) is 9.69 Å². The van der Waals surface area contributed by atoms with Crippen LogP contribution in [0.25, 0.3) is 10.8 Å². The average Bonchev–Trinajstić information content (AvgIpc) is 2.86. The molecule has 0 bridgehead atoms. The molecule has 1 saturated heterocycles. The van der Waals surface area contributed by atoms with Crippen molar-refractivity contribution < 1.29 is 19.4 Å². The Labute approximate surface area is 152 Å². The second-order valence-electron chi connectivity index (χ2n) is 7.02. The van der Waals surface area contributed by atoms with Gasteiger partial charge in [0.2, 0.25) is 0 Å². The number of carbonyl (C=O) groups excluding carboxylic acids is 2. The minimum Gasteiger partial charge on any atom is -0.490 e. The van der Waals surface area contributed by atoms with Crippen molar-refractivity contribution in [1.82, 2.24) is 10.2 Å². The lowest BCUT2D eigenvalue weighted by Gasteiger charge is -2.19. The molecule has 2 unspecified atom stereocenters. The molecule has 0 spiro atoms. The van der Waals surface area contributed by atoms with E-state index >= 15 is 0 Å². The number of hydrogen-bond donors (Lipinski definition) is 2. The minimum absolute atomic E-state index is 0.0000845. The van der Waals surface area contributed by atoms with Crippen LogP contribution >= 0.6 is 0 Å².